The Balaban J connectivity index is 1.51. The van der Waals surface area contributed by atoms with E-state index in [1.165, 1.54) is 0 Å². The molecule has 0 radical (unpaired) electrons. The Morgan fingerprint density at radius 3 is 2.41 bits per heavy atom. The topological polar surface area (TPSA) is 85.8 Å². The lowest BCUT2D eigenvalue weighted by molar-refractivity contribution is -0.00956. The van der Waals surface area contributed by atoms with E-state index < -0.39 is 12.3 Å². The molecule has 0 amide bonds. The van der Waals surface area contributed by atoms with Crippen molar-refractivity contribution in [1.82, 2.24) is 16.3 Å². The summed E-state index contributed by atoms with van der Waals surface area (Å²) in [4.78, 5) is 5.31. The zero-order valence-corrected chi connectivity index (χ0v) is 15.2. The summed E-state index contributed by atoms with van der Waals surface area (Å²) in [5.74, 6) is 0.698. The summed E-state index contributed by atoms with van der Waals surface area (Å²) in [7, 11) is 0. The third-order valence-electron chi connectivity index (χ3n) is 4.49. The third-order valence-corrected chi connectivity index (χ3v) is 4.49. The monoisotopic (exact) mass is 369 g/mol. The van der Waals surface area contributed by atoms with E-state index in [9.17, 15) is 10.2 Å². The lowest BCUT2D eigenvalue weighted by Crippen LogP contribution is -2.46. The molecule has 2 aromatic carbocycles. The van der Waals surface area contributed by atoms with Gasteiger partial charge in [-0.2, -0.15) is 0 Å². The van der Waals surface area contributed by atoms with Crippen LogP contribution in [-0.2, 0) is 11.4 Å². The average molecular weight is 369 g/mol. The first-order chi connectivity index (χ1) is 13.2. The van der Waals surface area contributed by atoms with Crippen LogP contribution in [-0.4, -0.2) is 23.0 Å². The van der Waals surface area contributed by atoms with Crippen molar-refractivity contribution in [1.29, 1.82) is 0 Å². The molecule has 1 saturated carbocycles. The van der Waals surface area contributed by atoms with Crippen molar-refractivity contribution in [3.05, 3.63) is 83.6 Å². The fourth-order valence-corrected chi connectivity index (χ4v) is 2.76. The summed E-state index contributed by atoms with van der Waals surface area (Å²) in [6.45, 7) is 0.788. The highest BCUT2D eigenvalue weighted by molar-refractivity contribution is 5.20. The van der Waals surface area contributed by atoms with Crippen LogP contribution in [0.25, 0.3) is 0 Å². The molecule has 2 atom stereocenters. The second-order valence-electron chi connectivity index (χ2n) is 6.66. The fourth-order valence-electron chi connectivity index (χ4n) is 2.76. The van der Waals surface area contributed by atoms with E-state index in [-0.39, 0.29) is 6.61 Å². The summed E-state index contributed by atoms with van der Waals surface area (Å²) in [6, 6.07) is 19.1. The second-order valence-corrected chi connectivity index (χ2v) is 6.66. The van der Waals surface area contributed by atoms with Gasteiger partial charge in [0.15, 0.2) is 0 Å². The molecule has 1 aliphatic carbocycles. The minimum atomic E-state index is -0.834. The summed E-state index contributed by atoms with van der Waals surface area (Å²) >= 11 is 0. The van der Waals surface area contributed by atoms with Gasteiger partial charge in [-0.25, -0.2) is 5.43 Å². The van der Waals surface area contributed by atoms with Gasteiger partial charge in [-0.15, -0.1) is 5.59 Å². The minimum Gasteiger partial charge on any atom is -0.512 e. The molecule has 0 aliphatic heterocycles. The van der Waals surface area contributed by atoms with E-state index in [4.69, 9.17) is 4.84 Å². The molecule has 6 nitrogen and oxygen atoms in total. The SMILES string of the molecule is O/C(=C\CONNC(c1ccccc1)C(O)NCc1ccccc1)C1CC1. The standard InChI is InChI=1S/C21H27N3O3/c25-19(17-11-12-17)13-14-27-24-23-20(18-9-5-2-6-10-18)21(26)22-15-16-7-3-1-4-8-16/h1-10,13,17,20-26H,11-12,14-15H2/b19-13-. The van der Waals surface area contributed by atoms with E-state index in [0.717, 1.165) is 24.0 Å². The number of aliphatic hydroxyl groups is 2. The van der Waals surface area contributed by atoms with E-state index in [2.05, 4.69) is 16.3 Å². The first kappa shape index (κ1) is 19.5. The maximum Gasteiger partial charge on any atom is 0.126 e. The largest absolute Gasteiger partial charge is 0.512 e. The summed E-state index contributed by atoms with van der Waals surface area (Å²) in [5, 5.41) is 23.5. The van der Waals surface area contributed by atoms with E-state index in [1.54, 1.807) is 6.08 Å². The molecular weight excluding hydrogens is 342 g/mol. The molecule has 2 aromatic rings. The Kier molecular flexibility index (Phi) is 7.38. The molecule has 3 rings (SSSR count). The fraction of sp³-hybridized carbons (Fsp3) is 0.333. The number of hydrogen-bond acceptors (Lipinski definition) is 6. The zero-order chi connectivity index (χ0) is 18.9. The Morgan fingerprint density at radius 1 is 1.07 bits per heavy atom. The van der Waals surface area contributed by atoms with Crippen LogP contribution in [0.5, 0.6) is 0 Å². The number of allylic oxidation sites excluding steroid dienone is 1. The molecule has 144 valence electrons. The van der Waals surface area contributed by atoms with Crippen molar-refractivity contribution in [2.24, 2.45) is 5.92 Å². The number of rotatable bonds is 11. The van der Waals surface area contributed by atoms with Gasteiger partial charge in [0.25, 0.3) is 0 Å². The van der Waals surface area contributed by atoms with Crippen LogP contribution in [0.4, 0.5) is 0 Å². The predicted octanol–water partition coefficient (Wildman–Crippen LogP) is 2.71. The van der Waals surface area contributed by atoms with Crippen LogP contribution in [0, 0.1) is 5.92 Å². The Bertz CT molecular complexity index is 705. The first-order valence-electron chi connectivity index (χ1n) is 9.25. The van der Waals surface area contributed by atoms with Crippen LogP contribution in [0.1, 0.15) is 30.0 Å². The molecule has 0 aromatic heterocycles. The van der Waals surface area contributed by atoms with Crippen molar-refractivity contribution >= 4 is 0 Å². The molecule has 2 unspecified atom stereocenters. The highest BCUT2D eigenvalue weighted by atomic mass is 16.7. The van der Waals surface area contributed by atoms with E-state index in [0.29, 0.717) is 18.2 Å². The number of benzene rings is 2. The quantitative estimate of drug-likeness (QED) is 0.181. The van der Waals surface area contributed by atoms with Gasteiger partial charge in [-0.05, 0) is 30.0 Å². The lowest BCUT2D eigenvalue weighted by atomic mass is 10.1. The number of aliphatic hydroxyl groups excluding tert-OH is 2. The van der Waals surface area contributed by atoms with Crippen molar-refractivity contribution in [2.45, 2.75) is 31.7 Å². The van der Waals surface area contributed by atoms with Crippen molar-refractivity contribution in [3.63, 3.8) is 0 Å². The average Bonchev–Trinajstić information content (AvgIpc) is 3.55. The van der Waals surface area contributed by atoms with Gasteiger partial charge in [0, 0.05) is 12.5 Å². The predicted molar refractivity (Wildman–Crippen MR) is 104 cm³/mol. The smallest absolute Gasteiger partial charge is 0.126 e. The maximum absolute atomic E-state index is 10.6. The molecular formula is C21H27N3O3. The first-order valence-corrected chi connectivity index (χ1v) is 9.25. The van der Waals surface area contributed by atoms with Gasteiger partial charge in [-0.1, -0.05) is 60.7 Å². The van der Waals surface area contributed by atoms with Gasteiger partial charge in [0.05, 0.1) is 18.4 Å². The summed E-state index contributed by atoms with van der Waals surface area (Å²) in [5.41, 5.74) is 7.67. The minimum absolute atomic E-state index is 0.240. The Morgan fingerprint density at radius 2 is 1.74 bits per heavy atom. The highest BCUT2D eigenvalue weighted by Crippen LogP contribution is 2.34. The normalized spacial score (nSPS) is 16.9. The lowest BCUT2D eigenvalue weighted by Gasteiger charge is -2.25. The molecule has 1 aliphatic rings. The molecule has 5 N–H and O–H groups in total. The van der Waals surface area contributed by atoms with Crippen LogP contribution < -0.4 is 16.3 Å². The van der Waals surface area contributed by atoms with Gasteiger partial charge in [-0.3, -0.25) is 10.2 Å². The van der Waals surface area contributed by atoms with Gasteiger partial charge < -0.3 is 10.2 Å². The second kappa shape index (κ2) is 10.2. The molecule has 0 heterocycles. The molecule has 0 bridgehead atoms. The Labute approximate surface area is 159 Å². The van der Waals surface area contributed by atoms with E-state index in [1.807, 2.05) is 60.7 Å². The van der Waals surface area contributed by atoms with Crippen molar-refractivity contribution < 1.29 is 15.1 Å². The number of nitrogens with one attached hydrogen (secondary N) is 3. The summed E-state index contributed by atoms with van der Waals surface area (Å²) in [6.07, 6.45) is 2.92. The van der Waals surface area contributed by atoms with Crippen molar-refractivity contribution in [3.8, 4) is 0 Å². The summed E-state index contributed by atoms with van der Waals surface area (Å²) < 4.78 is 0. The molecule has 27 heavy (non-hydrogen) atoms. The van der Waals surface area contributed by atoms with Crippen LogP contribution >= 0.6 is 0 Å². The maximum atomic E-state index is 10.6. The van der Waals surface area contributed by atoms with Crippen LogP contribution in [0.2, 0.25) is 0 Å². The van der Waals surface area contributed by atoms with Crippen molar-refractivity contribution in [2.75, 3.05) is 6.61 Å². The van der Waals surface area contributed by atoms with Gasteiger partial charge in [0.1, 0.15) is 6.23 Å². The molecule has 6 heteroatoms. The number of hydrogen-bond donors (Lipinski definition) is 5. The Hall–Kier alpha value is -2.22. The third kappa shape index (κ3) is 6.46. The molecule has 1 fully saturated rings. The van der Waals surface area contributed by atoms with Gasteiger partial charge in [0.2, 0.25) is 0 Å². The molecule has 0 spiro atoms. The molecule has 0 saturated heterocycles. The van der Waals surface area contributed by atoms with Gasteiger partial charge >= 0.3 is 0 Å². The highest BCUT2D eigenvalue weighted by Gasteiger charge is 2.25. The zero-order valence-electron chi connectivity index (χ0n) is 15.2. The van der Waals surface area contributed by atoms with Crippen LogP contribution in [0.3, 0.4) is 0 Å². The van der Waals surface area contributed by atoms with Crippen LogP contribution in [0.15, 0.2) is 72.5 Å². The van der Waals surface area contributed by atoms with E-state index >= 15 is 0 Å². The number of hydrazine groups is 1.